The van der Waals surface area contributed by atoms with Crippen molar-refractivity contribution in [2.45, 2.75) is 33.5 Å². The highest BCUT2D eigenvalue weighted by molar-refractivity contribution is 8.02. The van der Waals surface area contributed by atoms with E-state index in [2.05, 4.69) is 73.3 Å². The molecule has 0 fully saturated rings. The first kappa shape index (κ1) is 24.5. The third-order valence-electron chi connectivity index (χ3n) is 3.84. The van der Waals surface area contributed by atoms with Gasteiger partial charge in [-0.25, -0.2) is 0 Å². The van der Waals surface area contributed by atoms with E-state index >= 15 is 0 Å². The smallest absolute Gasteiger partial charge is 0.143 e. The molecule has 0 heterocycles. The Morgan fingerprint density at radius 3 is 1.26 bits per heavy atom. The minimum absolute atomic E-state index is 0.414. The van der Waals surface area contributed by atoms with E-state index in [9.17, 15) is 0 Å². The molecule has 4 aromatic carbocycles. The molecule has 0 saturated carbocycles. The summed E-state index contributed by atoms with van der Waals surface area (Å²) in [4.78, 5) is 7.04. The monoisotopic (exact) mass is 518 g/mol. The molecule has 0 bridgehead atoms. The van der Waals surface area contributed by atoms with Gasteiger partial charge in [-0.15, -0.1) is 12.6 Å². The van der Waals surface area contributed by atoms with Crippen LogP contribution in [0.3, 0.4) is 0 Å². The fourth-order valence-electron chi connectivity index (χ4n) is 2.45. The molecule has 0 unspecified atom stereocenters. The third-order valence-corrected chi connectivity index (χ3v) is 7.43. The summed E-state index contributed by atoms with van der Waals surface area (Å²) in [7, 11) is 0. The van der Waals surface area contributed by atoms with Gasteiger partial charge in [-0.1, -0.05) is 94.9 Å². The molecule has 0 aliphatic rings. The number of hydrogen-bond donors (Lipinski definition) is 1. The van der Waals surface area contributed by atoms with Crippen molar-refractivity contribution >= 4 is 71.1 Å². The van der Waals surface area contributed by atoms with Crippen LogP contribution in [0.25, 0.3) is 0 Å². The summed E-state index contributed by atoms with van der Waals surface area (Å²) in [5, 5.41) is 0. The minimum atomic E-state index is -0.414. The summed E-state index contributed by atoms with van der Waals surface area (Å²) in [6.45, 7) is 0. The molecule has 0 aliphatic carbocycles. The largest absolute Gasteiger partial charge is 0.157 e. The molecule has 4 aromatic rings. The summed E-state index contributed by atoms with van der Waals surface area (Å²) in [5.74, 6) is 0. The van der Waals surface area contributed by atoms with Gasteiger partial charge in [0.1, 0.15) is 0 Å². The van der Waals surface area contributed by atoms with E-state index < -0.39 is 4.17 Å². The number of halogens is 2. The molecule has 0 saturated heterocycles. The summed E-state index contributed by atoms with van der Waals surface area (Å²) in [6.07, 6.45) is 0. The van der Waals surface area contributed by atoms with Crippen LogP contribution in [0.4, 0.5) is 0 Å². The first-order chi connectivity index (χ1) is 15.1. The van der Waals surface area contributed by atoms with Crippen LogP contribution >= 0.6 is 71.1 Å². The maximum absolute atomic E-state index is 5.71. The molecule has 31 heavy (non-hydrogen) atoms. The molecule has 0 radical (unpaired) electrons. The van der Waals surface area contributed by atoms with Crippen molar-refractivity contribution in [1.82, 2.24) is 0 Å². The van der Waals surface area contributed by atoms with E-state index in [4.69, 9.17) is 23.2 Å². The van der Waals surface area contributed by atoms with Crippen LogP contribution in [0.1, 0.15) is 0 Å². The minimum Gasteiger partial charge on any atom is -0.143 e. The highest BCUT2D eigenvalue weighted by Gasteiger charge is 2.02. The predicted octanol–water partition coefficient (Wildman–Crippen LogP) is 9.82. The molecule has 0 nitrogen and oxygen atoms in total. The number of benzene rings is 4. The van der Waals surface area contributed by atoms with Crippen LogP contribution in [0.15, 0.2) is 139 Å². The van der Waals surface area contributed by atoms with Crippen molar-refractivity contribution in [3.8, 4) is 0 Å². The van der Waals surface area contributed by atoms with Crippen LogP contribution < -0.4 is 0 Å². The molecule has 4 rings (SSSR count). The lowest BCUT2D eigenvalue weighted by Gasteiger charge is -2.04. The lowest BCUT2D eigenvalue weighted by atomic mass is 10.4. The second kappa shape index (κ2) is 13.4. The standard InChI is InChI=1S/C13H10Cl2S2.C12H10S2/c14-13(15)17-12-8-6-11(7-9-12)16-10-4-2-1-3-5-10;13-10-6-8-12(9-7-10)14-11-4-2-1-3-5-11/h1-9,13H;1-9,13H. The van der Waals surface area contributed by atoms with Gasteiger partial charge in [-0.3, -0.25) is 0 Å². The first-order valence-corrected chi connectivity index (χ1v) is 13.2. The molecule has 0 atom stereocenters. The molecule has 0 N–H and O–H groups in total. The van der Waals surface area contributed by atoms with Gasteiger partial charge in [0.25, 0.3) is 0 Å². The van der Waals surface area contributed by atoms with E-state index in [1.807, 2.05) is 48.5 Å². The predicted molar refractivity (Wildman–Crippen MR) is 143 cm³/mol. The number of hydrogen-bond acceptors (Lipinski definition) is 4. The normalized spacial score (nSPS) is 10.5. The van der Waals surface area contributed by atoms with Crippen molar-refractivity contribution in [3.05, 3.63) is 109 Å². The molecule has 0 spiro atoms. The Labute approximate surface area is 212 Å². The summed E-state index contributed by atoms with van der Waals surface area (Å²) in [5.41, 5.74) is 0. The highest BCUT2D eigenvalue weighted by Crippen LogP contribution is 2.32. The van der Waals surface area contributed by atoms with Gasteiger partial charge in [-0.05, 0) is 72.8 Å². The van der Waals surface area contributed by atoms with Crippen LogP contribution in [0.5, 0.6) is 0 Å². The molecule has 0 aromatic heterocycles. The van der Waals surface area contributed by atoms with E-state index in [0.29, 0.717) is 0 Å². The lowest BCUT2D eigenvalue weighted by Crippen LogP contribution is -1.78. The number of alkyl halides is 2. The van der Waals surface area contributed by atoms with E-state index in [-0.39, 0.29) is 0 Å². The zero-order chi connectivity index (χ0) is 21.9. The fraction of sp³-hybridized carbons (Fsp3) is 0.0400. The van der Waals surface area contributed by atoms with Gasteiger partial charge in [0.2, 0.25) is 0 Å². The molecular weight excluding hydrogens is 499 g/mol. The van der Waals surface area contributed by atoms with Crippen LogP contribution in [-0.4, -0.2) is 4.17 Å². The van der Waals surface area contributed by atoms with Crippen molar-refractivity contribution in [3.63, 3.8) is 0 Å². The number of thioether (sulfide) groups is 1. The quantitative estimate of drug-likeness (QED) is 0.153. The van der Waals surface area contributed by atoms with E-state index in [1.54, 1.807) is 23.5 Å². The average Bonchev–Trinajstić information content (AvgIpc) is 2.78. The van der Waals surface area contributed by atoms with Gasteiger partial charge in [0.15, 0.2) is 4.17 Å². The van der Waals surface area contributed by atoms with Crippen molar-refractivity contribution in [1.29, 1.82) is 0 Å². The van der Waals surface area contributed by atoms with Gasteiger partial charge in [0.05, 0.1) is 0 Å². The zero-order valence-electron chi connectivity index (χ0n) is 16.4. The molecule has 0 aliphatic heterocycles. The van der Waals surface area contributed by atoms with Crippen LogP contribution in [0.2, 0.25) is 0 Å². The van der Waals surface area contributed by atoms with Gasteiger partial charge >= 0.3 is 0 Å². The van der Waals surface area contributed by atoms with E-state index in [0.717, 1.165) is 9.79 Å². The first-order valence-electron chi connectivity index (χ1n) is 9.38. The van der Waals surface area contributed by atoms with Crippen molar-refractivity contribution in [2.24, 2.45) is 0 Å². The Balaban J connectivity index is 0.000000179. The average molecular weight is 520 g/mol. The fourth-order valence-corrected chi connectivity index (χ4v) is 5.39. The summed E-state index contributed by atoms with van der Waals surface area (Å²) >= 11 is 20.6. The Hall–Kier alpha value is -1.14. The van der Waals surface area contributed by atoms with E-state index in [1.165, 1.54) is 31.3 Å². The SMILES string of the molecule is ClC(Cl)Sc1ccc(Sc2ccccc2)cc1.Sc1ccc(Sc2ccccc2)cc1. The third kappa shape index (κ3) is 9.48. The van der Waals surface area contributed by atoms with Crippen molar-refractivity contribution in [2.75, 3.05) is 0 Å². The van der Waals surface area contributed by atoms with Crippen molar-refractivity contribution < 1.29 is 0 Å². The zero-order valence-corrected chi connectivity index (χ0v) is 21.3. The molecular formula is C25H20Cl2S4. The molecule has 0 amide bonds. The lowest BCUT2D eigenvalue weighted by molar-refractivity contribution is 1.34. The maximum Gasteiger partial charge on any atom is 0.157 e. The second-order valence-corrected chi connectivity index (χ2v) is 11.8. The molecule has 6 heteroatoms. The summed E-state index contributed by atoms with van der Waals surface area (Å²) in [6, 6.07) is 37.1. The van der Waals surface area contributed by atoms with Crippen LogP contribution in [0, 0.1) is 0 Å². The Morgan fingerprint density at radius 2 is 0.839 bits per heavy atom. The maximum atomic E-state index is 5.71. The second-order valence-electron chi connectivity index (χ2n) is 6.17. The van der Waals surface area contributed by atoms with Gasteiger partial charge in [-0.2, -0.15) is 0 Å². The Kier molecular flexibility index (Phi) is 10.6. The molecule has 158 valence electrons. The van der Waals surface area contributed by atoms with Gasteiger partial charge in [0, 0.05) is 29.4 Å². The van der Waals surface area contributed by atoms with Gasteiger partial charge < -0.3 is 0 Å². The van der Waals surface area contributed by atoms with Crippen LogP contribution in [-0.2, 0) is 0 Å². The number of thiol groups is 1. The summed E-state index contributed by atoms with van der Waals surface area (Å²) < 4.78 is -0.414. The topological polar surface area (TPSA) is 0 Å². The number of rotatable bonds is 6. The Bertz CT molecular complexity index is 1020. The Morgan fingerprint density at radius 1 is 0.484 bits per heavy atom. The highest BCUT2D eigenvalue weighted by atomic mass is 35.5.